The van der Waals surface area contributed by atoms with Gasteiger partial charge in [-0.15, -0.1) is 0 Å². The molecular formula is C16H14ClFO3. The van der Waals surface area contributed by atoms with Crippen molar-refractivity contribution in [1.82, 2.24) is 0 Å². The number of hydrogen-bond acceptors (Lipinski definition) is 3. The van der Waals surface area contributed by atoms with Crippen LogP contribution in [-0.2, 0) is 0 Å². The molecule has 0 bridgehead atoms. The van der Waals surface area contributed by atoms with Gasteiger partial charge in [-0.2, -0.15) is 0 Å². The molecular weight excluding hydrogens is 295 g/mol. The highest BCUT2D eigenvalue weighted by Crippen LogP contribution is 2.42. The van der Waals surface area contributed by atoms with Gasteiger partial charge in [0.05, 0.1) is 13.2 Å². The number of hydrogen-bond donors (Lipinski definition) is 1. The van der Waals surface area contributed by atoms with Crippen LogP contribution < -0.4 is 9.47 Å². The zero-order valence-electron chi connectivity index (χ0n) is 11.3. The third kappa shape index (κ3) is 2.69. The van der Waals surface area contributed by atoms with Gasteiger partial charge in [-0.3, -0.25) is 0 Å². The van der Waals surface area contributed by atoms with Gasteiger partial charge in [0.15, 0.2) is 0 Å². The van der Waals surface area contributed by atoms with E-state index in [4.69, 9.17) is 21.1 Å². The lowest BCUT2D eigenvalue weighted by atomic mass is 9.94. The summed E-state index contributed by atoms with van der Waals surface area (Å²) in [5.74, 6) is 0.748. The molecule has 21 heavy (non-hydrogen) atoms. The molecule has 2 atom stereocenters. The van der Waals surface area contributed by atoms with Crippen LogP contribution in [0.25, 0.3) is 0 Å². The lowest BCUT2D eigenvalue weighted by molar-refractivity contribution is 0.0637. The van der Waals surface area contributed by atoms with Crippen molar-refractivity contribution < 1.29 is 19.0 Å². The van der Waals surface area contributed by atoms with E-state index in [0.717, 1.165) is 0 Å². The molecule has 3 rings (SSSR count). The van der Waals surface area contributed by atoms with Crippen LogP contribution in [0.15, 0.2) is 36.4 Å². The average molecular weight is 309 g/mol. The number of aliphatic hydroxyl groups excluding tert-OH is 1. The highest BCUT2D eigenvalue weighted by atomic mass is 35.5. The quantitative estimate of drug-likeness (QED) is 0.910. The normalized spacial score (nSPS) is 20.6. The van der Waals surface area contributed by atoms with Crippen LogP contribution >= 0.6 is 11.6 Å². The fraction of sp³-hybridized carbons (Fsp3) is 0.250. The van der Waals surface area contributed by atoms with Crippen LogP contribution in [0.4, 0.5) is 4.39 Å². The molecule has 0 saturated heterocycles. The molecule has 1 aliphatic rings. The molecule has 1 heterocycles. The summed E-state index contributed by atoms with van der Waals surface area (Å²) in [4.78, 5) is 0. The Balaban J connectivity index is 1.94. The molecule has 2 aromatic rings. The first-order valence-corrected chi connectivity index (χ1v) is 6.94. The largest absolute Gasteiger partial charge is 0.497 e. The van der Waals surface area contributed by atoms with Gasteiger partial charge in [-0.1, -0.05) is 17.7 Å². The minimum atomic E-state index is -0.732. The number of aliphatic hydroxyl groups is 1. The second-order valence-corrected chi connectivity index (χ2v) is 5.36. The molecule has 1 aliphatic heterocycles. The Hall–Kier alpha value is -1.78. The van der Waals surface area contributed by atoms with Crippen molar-refractivity contribution in [2.45, 2.75) is 18.6 Å². The zero-order valence-corrected chi connectivity index (χ0v) is 12.1. The predicted molar refractivity (Wildman–Crippen MR) is 77.3 cm³/mol. The molecule has 0 spiro atoms. The van der Waals surface area contributed by atoms with E-state index in [2.05, 4.69) is 0 Å². The Bertz CT molecular complexity index is 675. The molecule has 0 fully saturated rings. The van der Waals surface area contributed by atoms with Crippen LogP contribution in [0, 0.1) is 5.82 Å². The smallest absolute Gasteiger partial charge is 0.131 e. The van der Waals surface area contributed by atoms with Crippen LogP contribution in [0.3, 0.4) is 0 Å². The fourth-order valence-corrected chi connectivity index (χ4v) is 2.66. The first-order chi connectivity index (χ1) is 10.1. The van der Waals surface area contributed by atoms with Gasteiger partial charge in [0.2, 0.25) is 0 Å². The molecule has 1 unspecified atom stereocenters. The summed E-state index contributed by atoms with van der Waals surface area (Å²) in [6.07, 6.45) is -0.999. The van der Waals surface area contributed by atoms with Crippen LogP contribution in [0.2, 0.25) is 5.02 Å². The van der Waals surface area contributed by atoms with Crippen molar-refractivity contribution in [3.8, 4) is 11.5 Å². The minimum absolute atomic E-state index is 0.277. The van der Waals surface area contributed by atoms with Crippen molar-refractivity contribution in [1.29, 1.82) is 0 Å². The van der Waals surface area contributed by atoms with Crippen molar-refractivity contribution >= 4 is 11.6 Å². The number of fused-ring (bicyclic) bond motifs is 1. The Morgan fingerprint density at radius 1 is 1.24 bits per heavy atom. The highest BCUT2D eigenvalue weighted by Gasteiger charge is 2.30. The third-order valence-corrected chi connectivity index (χ3v) is 3.83. The standard InChI is InChI=1S/C16H14ClFO3/c1-20-10-3-5-15-12(7-10)14(19)8-16(21-15)11-4-2-9(17)6-13(11)18/h2-7,14,16,19H,8H2,1H3/t14-,16?/m1/s1. The molecule has 0 saturated carbocycles. The van der Waals surface area contributed by atoms with E-state index in [0.29, 0.717) is 27.6 Å². The number of benzene rings is 2. The maximum absolute atomic E-state index is 14.0. The number of ether oxygens (including phenoxy) is 2. The van der Waals surface area contributed by atoms with E-state index in [-0.39, 0.29) is 6.42 Å². The van der Waals surface area contributed by atoms with E-state index in [1.54, 1.807) is 37.4 Å². The van der Waals surface area contributed by atoms with Gasteiger partial charge < -0.3 is 14.6 Å². The monoisotopic (exact) mass is 308 g/mol. The lowest BCUT2D eigenvalue weighted by Crippen LogP contribution is -2.20. The van der Waals surface area contributed by atoms with Crippen molar-refractivity contribution in [2.75, 3.05) is 7.11 Å². The second kappa shape index (κ2) is 5.54. The van der Waals surface area contributed by atoms with Crippen molar-refractivity contribution in [2.24, 2.45) is 0 Å². The minimum Gasteiger partial charge on any atom is -0.497 e. The van der Waals surface area contributed by atoms with Crippen LogP contribution in [0.1, 0.15) is 29.8 Å². The Morgan fingerprint density at radius 3 is 2.76 bits per heavy atom. The van der Waals surface area contributed by atoms with Gasteiger partial charge in [0.1, 0.15) is 23.4 Å². The van der Waals surface area contributed by atoms with E-state index in [9.17, 15) is 9.50 Å². The van der Waals surface area contributed by atoms with Crippen molar-refractivity contribution in [3.05, 3.63) is 58.4 Å². The fourth-order valence-electron chi connectivity index (χ4n) is 2.51. The maximum atomic E-state index is 14.0. The van der Waals surface area contributed by atoms with Gasteiger partial charge in [-0.25, -0.2) is 4.39 Å². The average Bonchev–Trinajstić information content (AvgIpc) is 2.47. The molecule has 2 aromatic carbocycles. The van der Waals surface area contributed by atoms with E-state index in [1.165, 1.54) is 6.07 Å². The molecule has 1 N–H and O–H groups in total. The third-order valence-electron chi connectivity index (χ3n) is 3.59. The predicted octanol–water partition coefficient (Wildman–Crippen LogP) is 4.04. The molecule has 5 heteroatoms. The summed E-state index contributed by atoms with van der Waals surface area (Å²) < 4.78 is 24.9. The molecule has 0 radical (unpaired) electrons. The summed E-state index contributed by atoms with van der Waals surface area (Å²) >= 11 is 5.75. The molecule has 0 aromatic heterocycles. The van der Waals surface area contributed by atoms with Crippen molar-refractivity contribution in [3.63, 3.8) is 0 Å². The molecule has 110 valence electrons. The number of methoxy groups -OCH3 is 1. The van der Waals surface area contributed by atoms with E-state index < -0.39 is 18.0 Å². The molecule has 0 amide bonds. The number of rotatable bonds is 2. The lowest BCUT2D eigenvalue weighted by Gasteiger charge is -2.30. The van der Waals surface area contributed by atoms with Crippen LogP contribution in [-0.4, -0.2) is 12.2 Å². The Morgan fingerprint density at radius 2 is 2.05 bits per heavy atom. The first kappa shape index (κ1) is 14.2. The van der Waals surface area contributed by atoms with E-state index in [1.807, 2.05) is 0 Å². The Labute approximate surface area is 126 Å². The first-order valence-electron chi connectivity index (χ1n) is 6.56. The molecule has 0 aliphatic carbocycles. The second-order valence-electron chi connectivity index (χ2n) is 4.93. The molecule has 3 nitrogen and oxygen atoms in total. The van der Waals surface area contributed by atoms with Crippen LogP contribution in [0.5, 0.6) is 11.5 Å². The summed E-state index contributed by atoms with van der Waals surface area (Å²) in [6, 6.07) is 9.64. The summed E-state index contributed by atoms with van der Waals surface area (Å²) in [5, 5.41) is 10.6. The maximum Gasteiger partial charge on any atom is 0.131 e. The van der Waals surface area contributed by atoms with Gasteiger partial charge in [0, 0.05) is 22.6 Å². The van der Waals surface area contributed by atoms with Gasteiger partial charge >= 0.3 is 0 Å². The van der Waals surface area contributed by atoms with E-state index >= 15 is 0 Å². The SMILES string of the molecule is COc1ccc2c(c1)[C@H](O)CC(c1ccc(Cl)cc1F)O2. The summed E-state index contributed by atoms with van der Waals surface area (Å²) in [6.45, 7) is 0. The number of halogens is 2. The zero-order chi connectivity index (χ0) is 15.0. The highest BCUT2D eigenvalue weighted by molar-refractivity contribution is 6.30. The topological polar surface area (TPSA) is 38.7 Å². The summed E-state index contributed by atoms with van der Waals surface area (Å²) in [5.41, 5.74) is 1.04. The van der Waals surface area contributed by atoms with Gasteiger partial charge in [-0.05, 0) is 30.3 Å². The Kier molecular flexibility index (Phi) is 3.74. The summed E-state index contributed by atoms with van der Waals surface area (Å²) in [7, 11) is 1.56. The van der Waals surface area contributed by atoms with Gasteiger partial charge in [0.25, 0.3) is 0 Å².